The Morgan fingerprint density at radius 3 is 2.45 bits per heavy atom. The molecule has 4 aliphatic heterocycles. The molecule has 3 saturated heterocycles. The molecule has 13 nitrogen and oxygen atoms in total. The van der Waals surface area contributed by atoms with Crippen molar-refractivity contribution in [1.82, 2.24) is 24.7 Å². The van der Waals surface area contributed by atoms with Crippen LogP contribution in [-0.4, -0.2) is 81.6 Å². The summed E-state index contributed by atoms with van der Waals surface area (Å²) in [6.45, 7) is 1.57. The first kappa shape index (κ1) is 44.8. The maximum atomic E-state index is 16.3. The number of carbonyl (C=O) groups excluding carboxylic acids is 4. The molecule has 1 saturated carbocycles. The molecule has 67 heavy (non-hydrogen) atoms. The fourth-order valence-electron chi connectivity index (χ4n) is 11.7. The van der Waals surface area contributed by atoms with Crippen LogP contribution in [0.1, 0.15) is 96.8 Å². The van der Waals surface area contributed by atoms with E-state index in [1.165, 1.54) is 15.2 Å². The van der Waals surface area contributed by atoms with Crippen molar-refractivity contribution >= 4 is 69.2 Å². The van der Waals surface area contributed by atoms with Gasteiger partial charge in [0.05, 0.1) is 27.7 Å². The number of aromatic nitrogens is 2. The van der Waals surface area contributed by atoms with E-state index >= 15 is 4.39 Å². The number of carbonyl (C=O) groups is 4. The molecule has 0 bridgehead atoms. The predicted molar refractivity (Wildman–Crippen MR) is 254 cm³/mol. The fraction of sp³-hybridized carbons (Fsp3) is 0.392. The highest BCUT2D eigenvalue weighted by Crippen LogP contribution is 2.62. The van der Waals surface area contributed by atoms with Crippen LogP contribution in [0.2, 0.25) is 10.0 Å². The van der Waals surface area contributed by atoms with E-state index in [0.717, 1.165) is 43.4 Å². The lowest BCUT2D eigenvalue weighted by molar-refractivity contribution is -0.135. The molecular formula is C51H50Cl2FN7O6. The van der Waals surface area contributed by atoms with Crippen LogP contribution in [0.4, 0.5) is 15.8 Å². The molecule has 0 radical (unpaired) electrons. The van der Waals surface area contributed by atoms with Gasteiger partial charge in [0.1, 0.15) is 23.9 Å². The second-order valence-electron chi connectivity index (χ2n) is 18.4. The summed E-state index contributed by atoms with van der Waals surface area (Å²) in [6, 6.07) is 22.1. The van der Waals surface area contributed by atoms with Crippen molar-refractivity contribution in [3.63, 3.8) is 0 Å². The number of fused-ring (bicyclic) bond motifs is 4. The van der Waals surface area contributed by atoms with Crippen molar-refractivity contribution in [2.75, 3.05) is 36.9 Å². The first-order chi connectivity index (χ1) is 32.4. The molecule has 4 aromatic carbocycles. The number of nitrogens with one attached hydrogen (secondary N) is 4. The highest BCUT2D eigenvalue weighted by Gasteiger charge is 2.71. The Balaban J connectivity index is 0.786. The number of piperidine rings is 2. The summed E-state index contributed by atoms with van der Waals surface area (Å²) in [7, 11) is 1.64. The number of benzene rings is 4. The largest absolute Gasteiger partial charge is 0.383 e. The van der Waals surface area contributed by atoms with Crippen LogP contribution in [0.3, 0.4) is 0 Å². The number of likely N-dealkylation sites (tertiary alicyclic amines) is 1. The number of hydrogen-bond donors (Lipinski definition) is 4. The minimum Gasteiger partial charge on any atom is -0.383 e. The Hall–Kier alpha value is -5.98. The summed E-state index contributed by atoms with van der Waals surface area (Å²) < 4.78 is 25.3. The number of halogens is 3. The maximum Gasteiger partial charge on any atom is 0.329 e. The Bertz CT molecular complexity index is 2950. The zero-order valence-electron chi connectivity index (χ0n) is 36.9. The average Bonchev–Trinajstić information content (AvgIpc) is 3.88. The maximum absolute atomic E-state index is 16.3. The van der Waals surface area contributed by atoms with Crippen LogP contribution in [-0.2, 0) is 31.6 Å². The molecule has 346 valence electrons. The van der Waals surface area contributed by atoms with Gasteiger partial charge in [-0.3, -0.25) is 33.6 Å². The number of anilines is 2. The van der Waals surface area contributed by atoms with Crippen molar-refractivity contribution in [3.8, 4) is 11.8 Å². The van der Waals surface area contributed by atoms with Crippen LogP contribution in [0.25, 0.3) is 11.0 Å². The molecule has 2 spiro atoms. The third-order valence-electron chi connectivity index (χ3n) is 14.7. The SMILES string of the molecule is Cn1c(=O)n(C2CCC(=O)NC2=O)c2cccc(C#CCOC3CCN(C(=O)c4ccc(NC[C@@H]5NC6(CCCCC6)[C@@]6(C(=O)Nc7cc(Cl)ccc76)[C@H]5c5cccc(Cl)c5F)cc4)CC3)c21. The van der Waals surface area contributed by atoms with E-state index in [-0.39, 0.29) is 60.0 Å². The quantitative estimate of drug-likeness (QED) is 0.0942. The highest BCUT2D eigenvalue weighted by atomic mass is 35.5. The molecule has 5 aliphatic rings. The van der Waals surface area contributed by atoms with Crippen LogP contribution >= 0.6 is 23.2 Å². The molecule has 16 heteroatoms. The van der Waals surface area contributed by atoms with E-state index in [0.29, 0.717) is 70.9 Å². The standard InChI is InChI=1S/C51H50Cl2FN7O6/c1-59-45-30(8-5-12-40(45)61(49(59)66)41-19-20-42(62)57-46(41)63)9-7-27-67-34-21-25-60(26-22-34)47(64)31-13-16-33(17-14-31)55-29-39-43(35-10-6-11-37(53)44(35)54)51(50(58-39)23-3-2-4-24-50)36-18-15-32(52)28-38(36)56-48(51)65/h5-6,8,10-18,28,34,39,41,43,55,58H,2-4,19-27,29H2,1H3,(H,56,65)(H,57,62,63)/t39-,41?,43-,51+/m0/s1. The molecule has 1 aliphatic carbocycles. The molecule has 1 aromatic heterocycles. The van der Waals surface area contributed by atoms with Crippen LogP contribution in [0.15, 0.2) is 83.7 Å². The number of imidazole rings is 1. The van der Waals surface area contributed by atoms with E-state index in [4.69, 9.17) is 27.9 Å². The second kappa shape index (κ2) is 17.9. The van der Waals surface area contributed by atoms with E-state index in [2.05, 4.69) is 33.1 Å². The van der Waals surface area contributed by atoms with Gasteiger partial charge in [-0.1, -0.05) is 78.6 Å². The van der Waals surface area contributed by atoms with E-state index in [9.17, 15) is 24.0 Å². The number of amides is 4. The molecule has 4 N–H and O–H groups in total. The Kier molecular flexibility index (Phi) is 12.0. The summed E-state index contributed by atoms with van der Waals surface area (Å²) in [5.41, 5.74) is 2.86. The predicted octanol–water partition coefficient (Wildman–Crippen LogP) is 7.20. The lowest BCUT2D eigenvalue weighted by atomic mass is 9.55. The van der Waals surface area contributed by atoms with Crippen molar-refractivity contribution in [2.45, 2.75) is 92.8 Å². The van der Waals surface area contributed by atoms with Crippen molar-refractivity contribution in [1.29, 1.82) is 0 Å². The number of rotatable bonds is 8. The van der Waals surface area contributed by atoms with Gasteiger partial charge in [0, 0.05) is 72.6 Å². The first-order valence-electron chi connectivity index (χ1n) is 23.0. The Labute approximate surface area is 396 Å². The average molecular weight is 947 g/mol. The summed E-state index contributed by atoms with van der Waals surface area (Å²) in [5, 5.41) is 13.5. The van der Waals surface area contributed by atoms with Crippen LogP contribution < -0.4 is 27.0 Å². The molecule has 5 heterocycles. The van der Waals surface area contributed by atoms with E-state index < -0.39 is 34.6 Å². The summed E-state index contributed by atoms with van der Waals surface area (Å²) in [5.74, 6) is 3.99. The van der Waals surface area contributed by atoms with Crippen LogP contribution in [0, 0.1) is 17.7 Å². The summed E-state index contributed by atoms with van der Waals surface area (Å²) in [6.07, 6.45) is 6.03. The number of para-hydroxylation sites is 1. The number of hydrogen-bond acceptors (Lipinski definition) is 8. The fourth-order valence-corrected chi connectivity index (χ4v) is 12.1. The third kappa shape index (κ3) is 7.70. The smallest absolute Gasteiger partial charge is 0.329 e. The Morgan fingerprint density at radius 1 is 0.925 bits per heavy atom. The zero-order chi connectivity index (χ0) is 46.6. The van der Waals surface area contributed by atoms with E-state index in [1.54, 1.807) is 43.4 Å². The Morgan fingerprint density at radius 2 is 1.69 bits per heavy atom. The van der Waals surface area contributed by atoms with Crippen molar-refractivity contribution in [2.24, 2.45) is 7.05 Å². The molecule has 10 rings (SSSR count). The summed E-state index contributed by atoms with van der Waals surface area (Å²) in [4.78, 5) is 67.8. The molecule has 4 atom stereocenters. The van der Waals surface area contributed by atoms with Gasteiger partial charge in [0.2, 0.25) is 17.7 Å². The van der Waals surface area contributed by atoms with Gasteiger partial charge in [0.25, 0.3) is 5.91 Å². The number of ether oxygens (including phenoxy) is 1. The molecule has 5 aromatic rings. The number of imide groups is 1. The number of nitrogens with zero attached hydrogens (tertiary/aromatic N) is 3. The monoisotopic (exact) mass is 945 g/mol. The molecule has 1 unspecified atom stereocenters. The van der Waals surface area contributed by atoms with Gasteiger partial charge in [0.15, 0.2) is 0 Å². The topological polar surface area (TPSA) is 156 Å². The van der Waals surface area contributed by atoms with E-state index in [1.807, 2.05) is 41.3 Å². The first-order valence-corrected chi connectivity index (χ1v) is 23.8. The van der Waals surface area contributed by atoms with Gasteiger partial charge in [-0.15, -0.1) is 0 Å². The van der Waals surface area contributed by atoms with Gasteiger partial charge in [-0.25, -0.2) is 9.18 Å². The molecule has 4 fully saturated rings. The van der Waals surface area contributed by atoms with Gasteiger partial charge < -0.3 is 25.6 Å². The third-order valence-corrected chi connectivity index (χ3v) is 15.3. The number of aryl methyl sites for hydroxylation is 1. The lowest BCUT2D eigenvalue weighted by Crippen LogP contribution is -2.60. The lowest BCUT2D eigenvalue weighted by Gasteiger charge is -2.47. The van der Waals surface area contributed by atoms with Gasteiger partial charge in [-0.2, -0.15) is 0 Å². The second-order valence-corrected chi connectivity index (χ2v) is 19.2. The summed E-state index contributed by atoms with van der Waals surface area (Å²) >= 11 is 12.9. The molecule has 4 amide bonds. The normalized spacial score (nSPS) is 23.6. The minimum atomic E-state index is -1.12. The minimum absolute atomic E-state index is 0.00391. The zero-order valence-corrected chi connectivity index (χ0v) is 38.4. The molecular weight excluding hydrogens is 897 g/mol. The van der Waals surface area contributed by atoms with Crippen LogP contribution in [0.5, 0.6) is 0 Å². The van der Waals surface area contributed by atoms with Crippen molar-refractivity contribution in [3.05, 3.63) is 127 Å². The van der Waals surface area contributed by atoms with Gasteiger partial charge in [-0.05, 0) is 97.8 Å². The highest BCUT2D eigenvalue weighted by molar-refractivity contribution is 6.31. The van der Waals surface area contributed by atoms with Crippen molar-refractivity contribution < 1.29 is 28.3 Å². The van der Waals surface area contributed by atoms with Gasteiger partial charge >= 0.3 is 5.69 Å².